The summed E-state index contributed by atoms with van der Waals surface area (Å²) in [5, 5.41) is 5.79. The molecular formula is C29H37N5O2S. The summed E-state index contributed by atoms with van der Waals surface area (Å²) in [6.07, 6.45) is 5.47. The third-order valence-electron chi connectivity index (χ3n) is 8.72. The Balaban J connectivity index is 1.30. The number of fused-ring (bicyclic) bond motifs is 2. The molecule has 1 N–H and O–H groups in total. The highest BCUT2D eigenvalue weighted by Crippen LogP contribution is 2.40. The minimum Gasteiger partial charge on any atom is -0.354 e. The first-order chi connectivity index (χ1) is 17.7. The van der Waals surface area contributed by atoms with Crippen molar-refractivity contribution >= 4 is 26.4 Å². The number of pyridine rings is 1. The summed E-state index contributed by atoms with van der Waals surface area (Å²) in [7, 11) is -2.81. The van der Waals surface area contributed by atoms with Gasteiger partial charge < -0.3 is 9.88 Å². The van der Waals surface area contributed by atoms with Crippen LogP contribution in [0, 0.1) is 13.8 Å². The van der Waals surface area contributed by atoms with Crippen LogP contribution in [0.2, 0.25) is 0 Å². The lowest BCUT2D eigenvalue weighted by molar-refractivity contribution is 0.142. The van der Waals surface area contributed by atoms with Crippen LogP contribution in [-0.2, 0) is 9.84 Å². The molecule has 2 aliphatic heterocycles. The number of sulfone groups is 1. The molecule has 0 atom stereocenters. The largest absolute Gasteiger partial charge is 0.354 e. The number of likely N-dealkylation sites (tertiary alicyclic amines) is 1. The molecule has 37 heavy (non-hydrogen) atoms. The van der Waals surface area contributed by atoms with Crippen LogP contribution in [0.15, 0.2) is 30.6 Å². The summed E-state index contributed by atoms with van der Waals surface area (Å²) in [5.74, 6) is 1.62. The number of piperidine rings is 1. The molecule has 0 saturated carbocycles. The molecule has 0 aliphatic carbocycles. The second-order valence-electron chi connectivity index (χ2n) is 11.4. The van der Waals surface area contributed by atoms with Gasteiger partial charge in [0, 0.05) is 22.5 Å². The summed E-state index contributed by atoms with van der Waals surface area (Å²) < 4.78 is 25.6. The van der Waals surface area contributed by atoms with Gasteiger partial charge >= 0.3 is 0 Å². The standard InChI is InChI=1S/C29H37N5O2S/c1-18(2)27-25-16-22(21-7-11-33(12-8-21)23-9-13-37(35,36)14-10-23)5-6-26(25)32-28(27)24-15-19(3)29-30-17-31-34(29)20(24)4/h5-6,15-18,21,23,32H,7-14H2,1-4H3. The number of nitrogens with zero attached hydrogens (tertiary/aromatic N) is 4. The quantitative estimate of drug-likeness (QED) is 0.392. The predicted octanol–water partition coefficient (Wildman–Crippen LogP) is 5.37. The van der Waals surface area contributed by atoms with E-state index in [4.69, 9.17) is 0 Å². The molecule has 0 unspecified atom stereocenters. The highest BCUT2D eigenvalue weighted by Gasteiger charge is 2.31. The van der Waals surface area contributed by atoms with Crippen molar-refractivity contribution in [1.29, 1.82) is 0 Å². The van der Waals surface area contributed by atoms with Crippen molar-refractivity contribution in [3.8, 4) is 11.3 Å². The molecule has 0 spiro atoms. The highest BCUT2D eigenvalue weighted by molar-refractivity contribution is 7.91. The van der Waals surface area contributed by atoms with Gasteiger partial charge in [0.25, 0.3) is 0 Å². The van der Waals surface area contributed by atoms with E-state index < -0.39 is 9.84 Å². The van der Waals surface area contributed by atoms with Crippen LogP contribution in [-0.4, -0.2) is 63.5 Å². The van der Waals surface area contributed by atoms with E-state index in [1.54, 1.807) is 6.33 Å². The van der Waals surface area contributed by atoms with E-state index in [0.29, 0.717) is 29.4 Å². The Morgan fingerprint density at radius 1 is 1.03 bits per heavy atom. The molecule has 2 fully saturated rings. The minimum atomic E-state index is -2.81. The van der Waals surface area contributed by atoms with Crippen LogP contribution in [0.4, 0.5) is 0 Å². The van der Waals surface area contributed by atoms with Crippen molar-refractivity contribution in [3.05, 3.63) is 53.0 Å². The zero-order valence-electron chi connectivity index (χ0n) is 22.3. The maximum Gasteiger partial charge on any atom is 0.158 e. The molecule has 0 bridgehead atoms. The van der Waals surface area contributed by atoms with E-state index in [1.165, 1.54) is 33.3 Å². The van der Waals surface area contributed by atoms with Crippen LogP contribution < -0.4 is 0 Å². The van der Waals surface area contributed by atoms with Gasteiger partial charge in [0.15, 0.2) is 5.65 Å². The molecule has 0 amide bonds. The van der Waals surface area contributed by atoms with E-state index in [1.807, 2.05) is 4.52 Å². The van der Waals surface area contributed by atoms with Gasteiger partial charge in [-0.15, -0.1) is 0 Å². The fraction of sp³-hybridized carbons (Fsp3) is 0.517. The average molecular weight is 520 g/mol. The Morgan fingerprint density at radius 3 is 2.46 bits per heavy atom. The lowest BCUT2D eigenvalue weighted by atomic mass is 9.86. The number of benzene rings is 1. The first-order valence-electron chi connectivity index (χ1n) is 13.6. The zero-order valence-corrected chi connectivity index (χ0v) is 23.1. The lowest BCUT2D eigenvalue weighted by Gasteiger charge is -2.39. The van der Waals surface area contributed by atoms with Crippen LogP contribution >= 0.6 is 0 Å². The van der Waals surface area contributed by atoms with Gasteiger partial charge in [-0.2, -0.15) is 5.10 Å². The number of H-pyrrole nitrogens is 1. The Kier molecular flexibility index (Phi) is 6.15. The van der Waals surface area contributed by atoms with E-state index in [9.17, 15) is 8.42 Å². The SMILES string of the molecule is Cc1cc(-c2[nH]c3ccc(C4CCN(C5CCS(=O)(=O)CC5)CC4)cc3c2C(C)C)c(C)n2ncnc12. The third-order valence-corrected chi connectivity index (χ3v) is 10.4. The molecule has 1 aromatic carbocycles. The van der Waals surface area contributed by atoms with Crippen LogP contribution in [0.3, 0.4) is 0 Å². The molecule has 8 heteroatoms. The van der Waals surface area contributed by atoms with Crippen molar-refractivity contribution in [2.24, 2.45) is 0 Å². The molecule has 5 heterocycles. The maximum atomic E-state index is 11.8. The number of hydrogen-bond acceptors (Lipinski definition) is 5. The molecule has 3 aromatic heterocycles. The van der Waals surface area contributed by atoms with Gasteiger partial charge in [0.05, 0.1) is 22.9 Å². The number of aryl methyl sites for hydroxylation is 2. The van der Waals surface area contributed by atoms with Crippen LogP contribution in [0.1, 0.15) is 73.8 Å². The number of nitrogens with one attached hydrogen (secondary N) is 1. The first-order valence-corrected chi connectivity index (χ1v) is 15.4. The topological polar surface area (TPSA) is 83.4 Å². The summed E-state index contributed by atoms with van der Waals surface area (Å²) in [6.45, 7) is 10.9. The van der Waals surface area contributed by atoms with Crippen molar-refractivity contribution < 1.29 is 8.42 Å². The Labute approximate surface area is 219 Å². The number of rotatable bonds is 4. The van der Waals surface area contributed by atoms with Gasteiger partial charge in [-0.05, 0) is 99.3 Å². The fourth-order valence-corrected chi connectivity index (χ4v) is 8.11. The summed E-state index contributed by atoms with van der Waals surface area (Å²) in [5.41, 5.74) is 9.45. The summed E-state index contributed by atoms with van der Waals surface area (Å²) in [6, 6.07) is 9.66. The molecule has 7 nitrogen and oxygen atoms in total. The van der Waals surface area contributed by atoms with Crippen molar-refractivity contribution in [1.82, 2.24) is 24.5 Å². The number of aromatic nitrogens is 4. The number of aromatic amines is 1. The van der Waals surface area contributed by atoms with Gasteiger partial charge in [0.2, 0.25) is 0 Å². The highest BCUT2D eigenvalue weighted by atomic mass is 32.2. The Morgan fingerprint density at radius 2 is 1.76 bits per heavy atom. The molecule has 196 valence electrons. The van der Waals surface area contributed by atoms with Gasteiger partial charge in [-0.25, -0.2) is 17.9 Å². The smallest absolute Gasteiger partial charge is 0.158 e. The fourth-order valence-electron chi connectivity index (χ4n) is 6.65. The van der Waals surface area contributed by atoms with Gasteiger partial charge in [0.1, 0.15) is 16.2 Å². The second-order valence-corrected chi connectivity index (χ2v) is 13.7. The van der Waals surface area contributed by atoms with E-state index in [0.717, 1.165) is 55.7 Å². The Hall–Kier alpha value is -2.71. The van der Waals surface area contributed by atoms with Crippen molar-refractivity contribution in [2.45, 2.75) is 71.3 Å². The zero-order chi connectivity index (χ0) is 25.9. The third kappa shape index (κ3) is 4.38. The normalized spacial score (nSPS) is 19.9. The van der Waals surface area contributed by atoms with E-state index in [2.05, 4.69) is 71.9 Å². The summed E-state index contributed by atoms with van der Waals surface area (Å²) >= 11 is 0. The molecular weight excluding hydrogens is 482 g/mol. The van der Waals surface area contributed by atoms with E-state index >= 15 is 0 Å². The molecule has 2 aliphatic rings. The Bertz CT molecular complexity index is 1560. The monoisotopic (exact) mass is 519 g/mol. The van der Waals surface area contributed by atoms with Crippen LogP contribution in [0.25, 0.3) is 27.8 Å². The maximum absolute atomic E-state index is 11.8. The average Bonchev–Trinajstić information content (AvgIpc) is 3.52. The minimum absolute atomic E-state index is 0.352. The number of hydrogen-bond donors (Lipinski definition) is 1. The molecule has 4 aromatic rings. The van der Waals surface area contributed by atoms with E-state index in [-0.39, 0.29) is 0 Å². The second kappa shape index (κ2) is 9.24. The molecule has 6 rings (SSSR count). The van der Waals surface area contributed by atoms with Crippen molar-refractivity contribution in [3.63, 3.8) is 0 Å². The predicted molar refractivity (Wildman–Crippen MR) is 149 cm³/mol. The van der Waals surface area contributed by atoms with Crippen LogP contribution in [0.5, 0.6) is 0 Å². The first kappa shape index (κ1) is 24.6. The van der Waals surface area contributed by atoms with Gasteiger partial charge in [-0.1, -0.05) is 19.9 Å². The summed E-state index contributed by atoms with van der Waals surface area (Å²) in [4.78, 5) is 10.7. The molecule has 0 radical (unpaired) electrons. The lowest BCUT2D eigenvalue weighted by Crippen LogP contribution is -2.44. The van der Waals surface area contributed by atoms with Gasteiger partial charge in [-0.3, -0.25) is 0 Å². The van der Waals surface area contributed by atoms with Crippen molar-refractivity contribution in [2.75, 3.05) is 24.6 Å². The molecule has 2 saturated heterocycles.